The van der Waals surface area contributed by atoms with Gasteiger partial charge in [0.2, 0.25) is 0 Å². The standard InChI is InChI=1S/C21H26ClN3O/c1-17(21(26)23(2)16-18-8-4-3-5-9-18)24-12-14-25(15-13-24)20-11-7-6-10-19(20)22/h3-11,17H,12-16H2,1-2H3/p+1/t17-/m0/s1. The molecule has 0 saturated carbocycles. The van der Waals surface area contributed by atoms with Crippen LogP contribution in [0.2, 0.25) is 5.02 Å². The molecule has 2 aromatic rings. The van der Waals surface area contributed by atoms with Gasteiger partial charge in [-0.05, 0) is 24.6 Å². The summed E-state index contributed by atoms with van der Waals surface area (Å²) in [5.74, 6) is 0.204. The molecule has 3 rings (SSSR count). The topological polar surface area (TPSA) is 28.0 Å². The number of benzene rings is 2. The van der Waals surface area contributed by atoms with Crippen molar-refractivity contribution >= 4 is 23.2 Å². The summed E-state index contributed by atoms with van der Waals surface area (Å²) >= 11 is 6.32. The summed E-state index contributed by atoms with van der Waals surface area (Å²) in [4.78, 5) is 18.3. The molecule has 1 atom stereocenters. The van der Waals surface area contributed by atoms with Gasteiger partial charge in [-0.15, -0.1) is 0 Å². The Morgan fingerprint density at radius 1 is 1.12 bits per heavy atom. The number of likely N-dealkylation sites (N-methyl/N-ethyl adjacent to an activating group) is 1. The summed E-state index contributed by atoms with van der Waals surface area (Å²) in [5.41, 5.74) is 2.25. The average Bonchev–Trinajstić information content (AvgIpc) is 2.68. The van der Waals surface area contributed by atoms with E-state index in [0.29, 0.717) is 6.54 Å². The molecule has 1 saturated heterocycles. The molecular formula is C21H27ClN3O+. The second-order valence-electron chi connectivity index (χ2n) is 7.00. The minimum Gasteiger partial charge on any atom is -0.359 e. The molecular weight excluding hydrogens is 346 g/mol. The van der Waals surface area contributed by atoms with E-state index in [-0.39, 0.29) is 11.9 Å². The van der Waals surface area contributed by atoms with Crippen molar-refractivity contribution in [2.24, 2.45) is 0 Å². The molecule has 1 N–H and O–H groups in total. The fourth-order valence-corrected chi connectivity index (χ4v) is 3.87. The maximum Gasteiger partial charge on any atom is 0.280 e. The monoisotopic (exact) mass is 372 g/mol. The molecule has 0 unspecified atom stereocenters. The van der Waals surface area contributed by atoms with Crippen LogP contribution < -0.4 is 9.80 Å². The van der Waals surface area contributed by atoms with Gasteiger partial charge in [-0.25, -0.2) is 0 Å². The number of anilines is 1. The Morgan fingerprint density at radius 2 is 1.73 bits per heavy atom. The Bertz CT molecular complexity index is 729. The fraction of sp³-hybridized carbons (Fsp3) is 0.381. The van der Waals surface area contributed by atoms with Crippen LogP contribution in [0.4, 0.5) is 5.69 Å². The third-order valence-electron chi connectivity index (χ3n) is 5.22. The van der Waals surface area contributed by atoms with Crippen molar-refractivity contribution in [2.75, 3.05) is 38.1 Å². The van der Waals surface area contributed by atoms with E-state index in [2.05, 4.69) is 23.1 Å². The van der Waals surface area contributed by atoms with Crippen molar-refractivity contribution < 1.29 is 9.69 Å². The number of nitrogens with one attached hydrogen (secondary N) is 1. The first-order valence-electron chi connectivity index (χ1n) is 9.19. The predicted octanol–water partition coefficient (Wildman–Crippen LogP) is 2.09. The van der Waals surface area contributed by atoms with Gasteiger partial charge in [0.05, 0.1) is 36.9 Å². The highest BCUT2D eigenvalue weighted by Crippen LogP contribution is 2.24. The van der Waals surface area contributed by atoms with Gasteiger partial charge in [0.15, 0.2) is 6.04 Å². The van der Waals surface area contributed by atoms with Crippen LogP contribution in [0.5, 0.6) is 0 Å². The first-order valence-corrected chi connectivity index (χ1v) is 9.57. The van der Waals surface area contributed by atoms with Crippen molar-refractivity contribution in [3.05, 3.63) is 65.2 Å². The quantitative estimate of drug-likeness (QED) is 0.870. The molecule has 0 bridgehead atoms. The molecule has 0 aliphatic carbocycles. The van der Waals surface area contributed by atoms with E-state index in [1.54, 1.807) is 0 Å². The van der Waals surface area contributed by atoms with Crippen LogP contribution >= 0.6 is 11.6 Å². The minimum atomic E-state index is -0.0305. The molecule has 5 heteroatoms. The van der Waals surface area contributed by atoms with Crippen molar-refractivity contribution in [2.45, 2.75) is 19.5 Å². The maximum atomic E-state index is 12.8. The number of carbonyl (C=O) groups excluding carboxylic acids is 1. The molecule has 1 aliphatic heterocycles. The highest BCUT2D eigenvalue weighted by Gasteiger charge is 2.31. The number of piperazine rings is 1. The molecule has 1 aliphatic rings. The van der Waals surface area contributed by atoms with E-state index < -0.39 is 0 Å². The van der Waals surface area contributed by atoms with Crippen LogP contribution in [0.3, 0.4) is 0 Å². The van der Waals surface area contributed by atoms with E-state index in [9.17, 15) is 4.79 Å². The lowest BCUT2D eigenvalue weighted by Crippen LogP contribution is -3.19. The Morgan fingerprint density at radius 3 is 2.38 bits per heavy atom. The summed E-state index contributed by atoms with van der Waals surface area (Å²) in [6, 6.07) is 18.1. The number of quaternary nitrogens is 1. The zero-order valence-corrected chi connectivity index (χ0v) is 16.2. The highest BCUT2D eigenvalue weighted by atomic mass is 35.5. The lowest BCUT2D eigenvalue weighted by Gasteiger charge is -2.37. The van der Waals surface area contributed by atoms with E-state index in [1.807, 2.05) is 55.3 Å². The van der Waals surface area contributed by atoms with Crippen molar-refractivity contribution in [3.8, 4) is 0 Å². The summed E-state index contributed by atoms with van der Waals surface area (Å²) in [6.07, 6.45) is 0. The molecule has 4 nitrogen and oxygen atoms in total. The predicted molar refractivity (Wildman–Crippen MR) is 107 cm³/mol. The van der Waals surface area contributed by atoms with Crippen LogP contribution in [0.15, 0.2) is 54.6 Å². The van der Waals surface area contributed by atoms with E-state index >= 15 is 0 Å². The zero-order chi connectivity index (χ0) is 18.5. The van der Waals surface area contributed by atoms with Crippen LogP contribution in [0.1, 0.15) is 12.5 Å². The number of hydrogen-bond acceptors (Lipinski definition) is 2. The van der Waals surface area contributed by atoms with E-state index in [0.717, 1.165) is 42.5 Å². The second-order valence-corrected chi connectivity index (χ2v) is 7.41. The number of halogens is 1. The number of para-hydroxylation sites is 1. The molecule has 1 heterocycles. The Labute approximate surface area is 161 Å². The van der Waals surface area contributed by atoms with E-state index in [4.69, 9.17) is 11.6 Å². The number of carbonyl (C=O) groups is 1. The van der Waals surface area contributed by atoms with Gasteiger partial charge in [0.25, 0.3) is 5.91 Å². The molecule has 138 valence electrons. The summed E-state index contributed by atoms with van der Waals surface area (Å²) in [7, 11) is 1.89. The molecule has 0 aromatic heterocycles. The third kappa shape index (κ3) is 4.37. The average molecular weight is 373 g/mol. The number of amides is 1. The highest BCUT2D eigenvalue weighted by molar-refractivity contribution is 6.33. The number of rotatable bonds is 5. The van der Waals surface area contributed by atoms with Gasteiger partial charge >= 0.3 is 0 Å². The van der Waals surface area contributed by atoms with Crippen molar-refractivity contribution in [1.82, 2.24) is 4.90 Å². The lowest BCUT2D eigenvalue weighted by atomic mass is 10.1. The molecule has 1 amide bonds. The van der Waals surface area contributed by atoms with Gasteiger partial charge in [0, 0.05) is 13.6 Å². The van der Waals surface area contributed by atoms with Crippen LogP contribution in [-0.2, 0) is 11.3 Å². The normalized spacial score (nSPS) is 16.3. The third-order valence-corrected chi connectivity index (χ3v) is 5.54. The van der Waals surface area contributed by atoms with Gasteiger partial charge < -0.3 is 14.7 Å². The Hall–Kier alpha value is -2.04. The summed E-state index contributed by atoms with van der Waals surface area (Å²) in [5, 5.41) is 0.794. The smallest absolute Gasteiger partial charge is 0.280 e. The van der Waals surface area contributed by atoms with Crippen LogP contribution in [0.25, 0.3) is 0 Å². The lowest BCUT2D eigenvalue weighted by molar-refractivity contribution is -0.915. The second kappa shape index (κ2) is 8.56. The fourth-order valence-electron chi connectivity index (χ4n) is 3.62. The molecule has 0 radical (unpaired) electrons. The van der Waals surface area contributed by atoms with Crippen molar-refractivity contribution in [3.63, 3.8) is 0 Å². The van der Waals surface area contributed by atoms with Gasteiger partial charge in [-0.3, -0.25) is 4.79 Å². The summed E-state index contributed by atoms with van der Waals surface area (Å²) in [6.45, 7) is 6.42. The minimum absolute atomic E-state index is 0.0305. The first kappa shape index (κ1) is 18.7. The number of nitrogens with zero attached hydrogens (tertiary/aromatic N) is 2. The molecule has 1 fully saturated rings. The SMILES string of the molecule is C[C@@H](C(=O)N(C)Cc1ccccc1)[NH+]1CCN(c2ccccc2Cl)CC1. The molecule has 0 spiro atoms. The van der Waals surface area contributed by atoms with Gasteiger partial charge in [-0.2, -0.15) is 0 Å². The summed E-state index contributed by atoms with van der Waals surface area (Å²) < 4.78 is 0. The Balaban J connectivity index is 1.55. The van der Waals surface area contributed by atoms with Crippen LogP contribution in [-0.4, -0.2) is 50.1 Å². The number of hydrogen-bond donors (Lipinski definition) is 1. The molecule has 26 heavy (non-hydrogen) atoms. The van der Waals surface area contributed by atoms with Gasteiger partial charge in [-0.1, -0.05) is 54.1 Å². The maximum absolute atomic E-state index is 12.8. The van der Waals surface area contributed by atoms with Gasteiger partial charge in [0.1, 0.15) is 0 Å². The zero-order valence-electron chi connectivity index (χ0n) is 15.5. The Kier molecular flexibility index (Phi) is 6.17. The largest absolute Gasteiger partial charge is 0.359 e. The van der Waals surface area contributed by atoms with Crippen molar-refractivity contribution in [1.29, 1.82) is 0 Å². The molecule has 2 aromatic carbocycles. The van der Waals surface area contributed by atoms with E-state index in [1.165, 1.54) is 4.90 Å². The van der Waals surface area contributed by atoms with Crippen LogP contribution in [0, 0.1) is 0 Å². The first-order chi connectivity index (χ1) is 12.6.